The van der Waals surface area contributed by atoms with Gasteiger partial charge in [-0.1, -0.05) is 56.3 Å². The highest BCUT2D eigenvalue weighted by Crippen LogP contribution is 2.18. The third kappa shape index (κ3) is 8.75. The van der Waals surface area contributed by atoms with Crippen molar-refractivity contribution in [3.8, 4) is 0 Å². The number of anilines is 1. The number of hydrogen-bond donors (Lipinski definition) is 2. The van der Waals surface area contributed by atoms with Crippen LogP contribution in [0.4, 0.5) is 5.69 Å². The van der Waals surface area contributed by atoms with Crippen LogP contribution in [0, 0.1) is 0 Å². The molecule has 0 saturated heterocycles. The first-order valence-corrected chi connectivity index (χ1v) is 10.6. The van der Waals surface area contributed by atoms with Gasteiger partial charge in [-0.15, -0.1) is 24.0 Å². The lowest BCUT2D eigenvalue weighted by Gasteiger charge is -2.10. The number of nitrogens with one attached hydrogen (secondary N) is 1. The molecule has 0 bridgehead atoms. The Balaban J connectivity index is 0.00000364. The van der Waals surface area contributed by atoms with Crippen LogP contribution in [0.2, 0.25) is 0 Å². The molecule has 0 amide bonds. The minimum Gasteiger partial charge on any atom is -0.370 e. The maximum absolute atomic E-state index is 12.1. The third-order valence-electron chi connectivity index (χ3n) is 3.95. The Morgan fingerprint density at radius 2 is 1.81 bits per heavy atom. The van der Waals surface area contributed by atoms with Crippen molar-refractivity contribution in [1.82, 2.24) is 0 Å². The van der Waals surface area contributed by atoms with Crippen LogP contribution in [0.25, 0.3) is 0 Å². The molecule has 0 fully saturated rings. The zero-order valence-electron chi connectivity index (χ0n) is 15.8. The smallest absolute Gasteiger partial charge is 0.193 e. The number of hydrogen-bond acceptors (Lipinski definition) is 3. The summed E-state index contributed by atoms with van der Waals surface area (Å²) < 4.78 is 24.3. The lowest BCUT2D eigenvalue weighted by Crippen LogP contribution is -2.23. The predicted molar refractivity (Wildman–Crippen MR) is 125 cm³/mol. The van der Waals surface area contributed by atoms with Crippen molar-refractivity contribution in [2.24, 2.45) is 10.7 Å². The maximum atomic E-state index is 12.1. The number of nitrogens with two attached hydrogens (primary N) is 1. The van der Waals surface area contributed by atoms with Crippen molar-refractivity contribution in [3.05, 3.63) is 65.7 Å². The van der Waals surface area contributed by atoms with Crippen molar-refractivity contribution in [2.45, 2.75) is 31.9 Å². The highest BCUT2D eigenvalue weighted by atomic mass is 127. The second kappa shape index (κ2) is 11.3. The average molecular weight is 501 g/mol. The molecule has 148 valence electrons. The molecule has 0 aromatic heterocycles. The minimum atomic E-state index is -3.14. The molecule has 0 radical (unpaired) electrons. The first-order valence-electron chi connectivity index (χ1n) is 8.77. The highest BCUT2D eigenvalue weighted by Gasteiger charge is 2.11. The van der Waals surface area contributed by atoms with Crippen molar-refractivity contribution in [1.29, 1.82) is 0 Å². The number of rotatable bonds is 8. The number of halogens is 1. The van der Waals surface area contributed by atoms with Gasteiger partial charge in [0.1, 0.15) is 0 Å². The van der Waals surface area contributed by atoms with Gasteiger partial charge in [-0.25, -0.2) is 8.42 Å². The standard InChI is InChI=1S/C20H27N3O2S.HI/c1-16(2)18-10-6-11-19(14-18)23-20(21)22-12-7-13-26(24,25)15-17-8-4-3-5-9-17;/h3-6,8-11,14,16H,7,12-13,15H2,1-2H3,(H3,21,22,23);1H. The summed E-state index contributed by atoms with van der Waals surface area (Å²) in [6.45, 7) is 4.63. The molecule has 2 rings (SSSR count). The summed E-state index contributed by atoms with van der Waals surface area (Å²) in [5.41, 5.74) is 8.80. The van der Waals surface area contributed by atoms with Crippen molar-refractivity contribution in [3.63, 3.8) is 0 Å². The molecule has 0 aliphatic carbocycles. The first-order chi connectivity index (χ1) is 12.4. The van der Waals surface area contributed by atoms with Crippen molar-refractivity contribution < 1.29 is 8.42 Å². The van der Waals surface area contributed by atoms with Gasteiger partial charge in [-0.2, -0.15) is 0 Å². The van der Waals surface area contributed by atoms with E-state index in [0.29, 0.717) is 24.8 Å². The van der Waals surface area contributed by atoms with E-state index in [1.54, 1.807) is 0 Å². The fourth-order valence-electron chi connectivity index (χ4n) is 2.55. The van der Waals surface area contributed by atoms with Gasteiger partial charge in [0.15, 0.2) is 15.8 Å². The van der Waals surface area contributed by atoms with E-state index < -0.39 is 9.84 Å². The van der Waals surface area contributed by atoms with Crippen LogP contribution in [-0.4, -0.2) is 26.7 Å². The SMILES string of the molecule is CC(C)c1cccc(NC(N)=NCCCS(=O)(=O)Cc2ccccc2)c1.I. The number of sulfone groups is 1. The zero-order valence-corrected chi connectivity index (χ0v) is 18.9. The molecule has 0 saturated carbocycles. The second-order valence-corrected chi connectivity index (χ2v) is 8.79. The topological polar surface area (TPSA) is 84.5 Å². The van der Waals surface area contributed by atoms with E-state index in [-0.39, 0.29) is 35.5 Å². The summed E-state index contributed by atoms with van der Waals surface area (Å²) in [7, 11) is -3.14. The first kappa shape index (κ1) is 23.4. The van der Waals surface area contributed by atoms with Gasteiger partial charge < -0.3 is 11.1 Å². The normalized spacial score (nSPS) is 11.9. The van der Waals surface area contributed by atoms with E-state index in [1.807, 2.05) is 48.5 Å². The number of aliphatic imine (C=N–C) groups is 1. The van der Waals surface area contributed by atoms with Gasteiger partial charge in [0, 0.05) is 12.2 Å². The fourth-order valence-corrected chi connectivity index (χ4v) is 3.96. The molecule has 3 N–H and O–H groups in total. The average Bonchev–Trinajstić information content (AvgIpc) is 2.59. The van der Waals surface area contributed by atoms with Crippen molar-refractivity contribution in [2.75, 3.05) is 17.6 Å². The molecule has 27 heavy (non-hydrogen) atoms. The number of guanidine groups is 1. The summed E-state index contributed by atoms with van der Waals surface area (Å²) in [4.78, 5) is 4.22. The lowest BCUT2D eigenvalue weighted by molar-refractivity contribution is 0.593. The van der Waals surface area contributed by atoms with Crippen LogP contribution in [0.3, 0.4) is 0 Å². The van der Waals surface area contributed by atoms with Crippen LogP contribution < -0.4 is 11.1 Å². The Morgan fingerprint density at radius 1 is 1.11 bits per heavy atom. The summed E-state index contributed by atoms with van der Waals surface area (Å²) in [6.07, 6.45) is 0.448. The van der Waals surface area contributed by atoms with E-state index in [1.165, 1.54) is 5.56 Å². The molecule has 0 aliphatic rings. The summed E-state index contributed by atoms with van der Waals surface area (Å²) in [6, 6.07) is 17.2. The molecule has 0 heterocycles. The summed E-state index contributed by atoms with van der Waals surface area (Å²) in [5, 5.41) is 3.05. The maximum Gasteiger partial charge on any atom is 0.193 e. The number of nitrogens with zero attached hydrogens (tertiary/aromatic N) is 1. The Hall–Kier alpha value is -1.61. The van der Waals surface area contributed by atoms with Gasteiger partial charge >= 0.3 is 0 Å². The van der Waals surface area contributed by atoms with E-state index in [2.05, 4.69) is 30.2 Å². The Kier molecular flexibility index (Phi) is 9.79. The van der Waals surface area contributed by atoms with E-state index in [4.69, 9.17) is 5.73 Å². The molecule has 5 nitrogen and oxygen atoms in total. The summed E-state index contributed by atoms with van der Waals surface area (Å²) in [5.74, 6) is 0.894. The molecular weight excluding hydrogens is 473 g/mol. The minimum absolute atomic E-state index is 0. The van der Waals surface area contributed by atoms with Crippen LogP contribution in [0.15, 0.2) is 59.6 Å². The van der Waals surface area contributed by atoms with Crippen LogP contribution >= 0.6 is 24.0 Å². The third-order valence-corrected chi connectivity index (χ3v) is 5.63. The van der Waals surface area contributed by atoms with Gasteiger partial charge in [0.2, 0.25) is 0 Å². The van der Waals surface area contributed by atoms with E-state index in [0.717, 1.165) is 11.3 Å². The van der Waals surface area contributed by atoms with Gasteiger partial charge in [-0.3, -0.25) is 4.99 Å². The molecular formula is C20H28IN3O2S. The Bertz CT molecular complexity index is 837. The second-order valence-electron chi connectivity index (χ2n) is 6.60. The molecule has 0 aliphatic heterocycles. The molecule has 0 unspecified atom stereocenters. The Morgan fingerprint density at radius 3 is 2.48 bits per heavy atom. The predicted octanol–water partition coefficient (Wildman–Crippen LogP) is 4.16. The van der Waals surface area contributed by atoms with Gasteiger partial charge in [0.25, 0.3) is 0 Å². The van der Waals surface area contributed by atoms with Gasteiger partial charge in [-0.05, 0) is 35.6 Å². The van der Waals surface area contributed by atoms with Crippen LogP contribution in [0.5, 0.6) is 0 Å². The quantitative estimate of drug-likeness (QED) is 0.246. The lowest BCUT2D eigenvalue weighted by atomic mass is 10.0. The molecule has 0 atom stereocenters. The van der Waals surface area contributed by atoms with Crippen LogP contribution in [0.1, 0.15) is 37.3 Å². The summed E-state index contributed by atoms with van der Waals surface area (Å²) >= 11 is 0. The fraction of sp³-hybridized carbons (Fsp3) is 0.350. The highest BCUT2D eigenvalue weighted by molar-refractivity contribution is 14.0. The van der Waals surface area contributed by atoms with Crippen LogP contribution in [-0.2, 0) is 15.6 Å². The molecule has 2 aromatic rings. The molecule has 0 spiro atoms. The van der Waals surface area contributed by atoms with E-state index >= 15 is 0 Å². The molecule has 2 aromatic carbocycles. The van der Waals surface area contributed by atoms with E-state index in [9.17, 15) is 8.42 Å². The largest absolute Gasteiger partial charge is 0.370 e. The molecule has 7 heteroatoms. The monoisotopic (exact) mass is 501 g/mol. The number of benzene rings is 2. The zero-order chi connectivity index (χ0) is 19.0. The van der Waals surface area contributed by atoms with Crippen molar-refractivity contribution >= 4 is 45.5 Å². The van der Waals surface area contributed by atoms with Gasteiger partial charge in [0.05, 0.1) is 11.5 Å². The Labute approximate surface area is 179 Å².